The molecule has 1 saturated carbocycles. The van der Waals surface area contributed by atoms with E-state index in [9.17, 15) is 4.79 Å². The van der Waals surface area contributed by atoms with Gasteiger partial charge >= 0.3 is 0 Å². The van der Waals surface area contributed by atoms with E-state index in [4.69, 9.17) is 5.73 Å². The van der Waals surface area contributed by atoms with Gasteiger partial charge in [0.15, 0.2) is 5.78 Å². The van der Waals surface area contributed by atoms with Crippen molar-refractivity contribution in [3.8, 4) is 0 Å². The minimum Gasteiger partial charge on any atom is -0.383 e. The minimum atomic E-state index is 0.140. The molecule has 1 aromatic rings. The molecule has 1 aliphatic carbocycles. The number of pyridine rings is 1. The van der Waals surface area contributed by atoms with Crippen LogP contribution in [0.1, 0.15) is 35.2 Å². The second kappa shape index (κ2) is 3.40. The predicted octanol–water partition coefficient (Wildman–Crippen LogP) is 1.96. The van der Waals surface area contributed by atoms with E-state index in [0.29, 0.717) is 23.7 Å². The first kappa shape index (κ1) is 9.19. The van der Waals surface area contributed by atoms with Crippen molar-refractivity contribution in [2.24, 2.45) is 5.92 Å². The van der Waals surface area contributed by atoms with Gasteiger partial charge in [-0.2, -0.15) is 0 Å². The van der Waals surface area contributed by atoms with Crippen molar-refractivity contribution in [2.75, 3.05) is 5.73 Å². The number of carbonyl (C=O) groups excluding carboxylic acids is 1. The smallest absolute Gasteiger partial charge is 0.166 e. The van der Waals surface area contributed by atoms with Gasteiger partial charge in [-0.3, -0.25) is 4.79 Å². The second-order valence-corrected chi connectivity index (χ2v) is 4.02. The summed E-state index contributed by atoms with van der Waals surface area (Å²) in [7, 11) is 0. The summed E-state index contributed by atoms with van der Waals surface area (Å²) in [5, 5.41) is 0. The fourth-order valence-electron chi connectivity index (χ4n) is 1.50. The van der Waals surface area contributed by atoms with Gasteiger partial charge in [0.1, 0.15) is 5.82 Å². The van der Waals surface area contributed by atoms with Crippen molar-refractivity contribution in [1.82, 2.24) is 4.98 Å². The molecule has 0 aliphatic heterocycles. The Kier molecular flexibility index (Phi) is 2.23. The van der Waals surface area contributed by atoms with E-state index < -0.39 is 0 Å². The molecule has 0 aromatic carbocycles. The highest BCUT2D eigenvalue weighted by molar-refractivity contribution is 6.00. The molecule has 74 valence electrons. The minimum absolute atomic E-state index is 0.140. The molecule has 1 aromatic heterocycles. The van der Waals surface area contributed by atoms with E-state index in [2.05, 4.69) is 4.98 Å². The number of aromatic nitrogens is 1. The average molecular weight is 190 g/mol. The molecule has 14 heavy (non-hydrogen) atoms. The van der Waals surface area contributed by atoms with Crippen molar-refractivity contribution < 1.29 is 4.79 Å². The van der Waals surface area contributed by atoms with Crippen LogP contribution in [0.15, 0.2) is 12.3 Å². The normalized spacial score (nSPS) is 15.5. The lowest BCUT2D eigenvalue weighted by atomic mass is 10.1. The van der Waals surface area contributed by atoms with Gasteiger partial charge in [-0.25, -0.2) is 4.98 Å². The molecule has 0 amide bonds. The summed E-state index contributed by atoms with van der Waals surface area (Å²) in [6.07, 6.45) is 4.69. The Morgan fingerprint density at radius 3 is 3.00 bits per heavy atom. The fourth-order valence-corrected chi connectivity index (χ4v) is 1.50. The molecule has 0 bridgehead atoms. The second-order valence-electron chi connectivity index (χ2n) is 4.02. The monoisotopic (exact) mass is 190 g/mol. The molecule has 0 spiro atoms. The number of rotatable bonds is 3. The highest BCUT2D eigenvalue weighted by atomic mass is 16.1. The Bertz CT molecular complexity index is 370. The number of Topliss-reactive ketones (excluding diaryl/α,β-unsaturated/α-hetero) is 1. The Labute approximate surface area is 83.3 Å². The molecule has 2 N–H and O–H groups in total. The Balaban J connectivity index is 2.20. The van der Waals surface area contributed by atoms with Crippen molar-refractivity contribution in [3.05, 3.63) is 23.4 Å². The van der Waals surface area contributed by atoms with E-state index in [-0.39, 0.29) is 5.78 Å². The maximum atomic E-state index is 11.7. The van der Waals surface area contributed by atoms with E-state index in [1.165, 1.54) is 12.8 Å². The predicted molar refractivity (Wildman–Crippen MR) is 55.1 cm³/mol. The van der Waals surface area contributed by atoms with Crippen molar-refractivity contribution >= 4 is 11.6 Å². The van der Waals surface area contributed by atoms with Gasteiger partial charge in [-0.05, 0) is 37.3 Å². The number of hydrogen-bond acceptors (Lipinski definition) is 3. The van der Waals surface area contributed by atoms with Gasteiger partial charge in [-0.1, -0.05) is 0 Å². The van der Waals surface area contributed by atoms with Crippen LogP contribution < -0.4 is 5.73 Å². The highest BCUT2D eigenvalue weighted by Crippen LogP contribution is 2.33. The quantitative estimate of drug-likeness (QED) is 0.741. The third-order valence-electron chi connectivity index (χ3n) is 2.53. The fraction of sp³-hybridized carbons (Fsp3) is 0.455. The van der Waals surface area contributed by atoms with Crippen LogP contribution >= 0.6 is 0 Å². The SMILES string of the molecule is Cc1cnc(N)c(C(=O)CC2CC2)c1. The number of aryl methyl sites for hydroxylation is 1. The molecular formula is C11H14N2O. The van der Waals surface area contributed by atoms with E-state index in [0.717, 1.165) is 5.56 Å². The number of hydrogen-bond donors (Lipinski definition) is 1. The summed E-state index contributed by atoms with van der Waals surface area (Å²) in [5.74, 6) is 1.10. The molecule has 0 unspecified atom stereocenters. The van der Waals surface area contributed by atoms with Crippen LogP contribution in [0.5, 0.6) is 0 Å². The molecule has 3 heteroatoms. The van der Waals surface area contributed by atoms with Crippen LogP contribution in [-0.4, -0.2) is 10.8 Å². The molecule has 1 heterocycles. The largest absolute Gasteiger partial charge is 0.383 e. The van der Waals surface area contributed by atoms with Gasteiger partial charge in [0.05, 0.1) is 5.56 Å². The first-order chi connectivity index (χ1) is 6.66. The molecular weight excluding hydrogens is 176 g/mol. The topological polar surface area (TPSA) is 56.0 Å². The van der Waals surface area contributed by atoms with E-state index >= 15 is 0 Å². The number of carbonyl (C=O) groups is 1. The first-order valence-electron chi connectivity index (χ1n) is 4.92. The van der Waals surface area contributed by atoms with Crippen LogP contribution in [0, 0.1) is 12.8 Å². The Hall–Kier alpha value is -1.38. The molecule has 2 rings (SSSR count). The van der Waals surface area contributed by atoms with Crippen LogP contribution in [0.3, 0.4) is 0 Å². The zero-order valence-corrected chi connectivity index (χ0v) is 8.29. The number of nitrogen functional groups attached to an aromatic ring is 1. The summed E-state index contributed by atoms with van der Waals surface area (Å²) in [6.45, 7) is 1.92. The van der Waals surface area contributed by atoms with Crippen LogP contribution in [-0.2, 0) is 0 Å². The zero-order valence-electron chi connectivity index (χ0n) is 8.29. The number of ketones is 1. The van der Waals surface area contributed by atoms with Crippen LogP contribution in [0.4, 0.5) is 5.82 Å². The maximum Gasteiger partial charge on any atom is 0.166 e. The molecule has 1 aliphatic rings. The van der Waals surface area contributed by atoms with Gasteiger partial charge in [0.25, 0.3) is 0 Å². The zero-order chi connectivity index (χ0) is 10.1. The number of nitrogens with zero attached hydrogens (tertiary/aromatic N) is 1. The third-order valence-corrected chi connectivity index (χ3v) is 2.53. The number of anilines is 1. The summed E-state index contributed by atoms with van der Waals surface area (Å²) < 4.78 is 0. The summed E-state index contributed by atoms with van der Waals surface area (Å²) >= 11 is 0. The molecule has 0 saturated heterocycles. The molecule has 3 nitrogen and oxygen atoms in total. The van der Waals surface area contributed by atoms with E-state index in [1.54, 1.807) is 6.20 Å². The summed E-state index contributed by atoms with van der Waals surface area (Å²) in [4.78, 5) is 15.7. The van der Waals surface area contributed by atoms with Gasteiger partial charge in [-0.15, -0.1) is 0 Å². The van der Waals surface area contributed by atoms with E-state index in [1.807, 2.05) is 13.0 Å². The average Bonchev–Trinajstić information content (AvgIpc) is 2.93. The standard InChI is InChI=1S/C11H14N2O/c1-7-4-9(11(12)13-6-7)10(14)5-8-2-3-8/h4,6,8H,2-3,5H2,1H3,(H2,12,13). The summed E-state index contributed by atoms with van der Waals surface area (Å²) in [5.41, 5.74) is 7.23. The third kappa shape index (κ3) is 1.92. The Morgan fingerprint density at radius 2 is 2.36 bits per heavy atom. The lowest BCUT2D eigenvalue weighted by Gasteiger charge is -2.03. The lowest BCUT2D eigenvalue weighted by Crippen LogP contribution is -2.06. The molecule has 0 atom stereocenters. The van der Waals surface area contributed by atoms with Gasteiger partial charge in [0.2, 0.25) is 0 Å². The van der Waals surface area contributed by atoms with Crippen molar-refractivity contribution in [3.63, 3.8) is 0 Å². The molecule has 0 radical (unpaired) electrons. The van der Waals surface area contributed by atoms with Crippen molar-refractivity contribution in [2.45, 2.75) is 26.2 Å². The maximum absolute atomic E-state index is 11.7. The van der Waals surface area contributed by atoms with Crippen molar-refractivity contribution in [1.29, 1.82) is 0 Å². The van der Waals surface area contributed by atoms with Gasteiger partial charge in [0, 0.05) is 12.6 Å². The lowest BCUT2D eigenvalue weighted by molar-refractivity contribution is 0.0976. The Morgan fingerprint density at radius 1 is 1.64 bits per heavy atom. The summed E-state index contributed by atoms with van der Waals surface area (Å²) in [6, 6.07) is 1.83. The molecule has 1 fully saturated rings. The van der Waals surface area contributed by atoms with Crippen LogP contribution in [0.2, 0.25) is 0 Å². The van der Waals surface area contributed by atoms with Crippen LogP contribution in [0.25, 0.3) is 0 Å². The number of nitrogens with two attached hydrogens (primary N) is 1. The first-order valence-corrected chi connectivity index (χ1v) is 4.92. The highest BCUT2D eigenvalue weighted by Gasteiger charge is 2.25. The van der Waals surface area contributed by atoms with Gasteiger partial charge < -0.3 is 5.73 Å².